The van der Waals surface area contributed by atoms with Gasteiger partial charge in [-0.2, -0.15) is 0 Å². The minimum absolute atomic E-state index is 0.0670. The number of carbonyl (C=O) groups excluding carboxylic acids is 2. The van der Waals surface area contributed by atoms with E-state index < -0.39 is 17.1 Å². The van der Waals surface area contributed by atoms with Gasteiger partial charge in [-0.3, -0.25) is 20.3 Å². The number of thiazole rings is 1. The van der Waals surface area contributed by atoms with Gasteiger partial charge < -0.3 is 10.2 Å². The number of piperidine rings is 1. The fourth-order valence-electron chi connectivity index (χ4n) is 3.80. The van der Waals surface area contributed by atoms with Crippen molar-refractivity contribution in [2.75, 3.05) is 18.4 Å². The highest BCUT2D eigenvalue weighted by molar-refractivity contribution is 9.10. The summed E-state index contributed by atoms with van der Waals surface area (Å²) in [5.74, 6) is -0.982. The van der Waals surface area contributed by atoms with Gasteiger partial charge in [0.15, 0.2) is 11.5 Å². The molecule has 14 heteroatoms. The van der Waals surface area contributed by atoms with E-state index in [1.165, 1.54) is 29.5 Å². The van der Waals surface area contributed by atoms with Gasteiger partial charge in [-0.1, -0.05) is 20.8 Å². The number of hydrogen-bond acceptors (Lipinski definition) is 9. The number of nitrogens with one attached hydrogen (secondary N) is 2. The predicted octanol–water partition coefficient (Wildman–Crippen LogP) is 4.49. The molecule has 1 aromatic carbocycles. The third kappa shape index (κ3) is 6.19. The van der Waals surface area contributed by atoms with Crippen molar-refractivity contribution in [1.29, 1.82) is 0 Å². The number of amidine groups is 1. The number of likely N-dealkylation sites (tertiary alicyclic amines) is 1. The van der Waals surface area contributed by atoms with Crippen molar-refractivity contribution in [3.05, 3.63) is 50.3 Å². The lowest BCUT2D eigenvalue weighted by Crippen LogP contribution is -2.43. The molecular formula is C23H25BrFN7O4S. The largest absolute Gasteiger partial charge is 0.342 e. The Bertz CT molecular complexity index is 1330. The van der Waals surface area contributed by atoms with E-state index in [0.29, 0.717) is 18.8 Å². The van der Waals surface area contributed by atoms with Crippen LogP contribution in [0.3, 0.4) is 0 Å². The van der Waals surface area contributed by atoms with Gasteiger partial charge in [-0.25, -0.2) is 19.0 Å². The van der Waals surface area contributed by atoms with Crippen LogP contribution in [0.4, 0.5) is 15.9 Å². The summed E-state index contributed by atoms with van der Waals surface area (Å²) < 4.78 is 18.4. The predicted molar refractivity (Wildman–Crippen MR) is 138 cm³/mol. The number of anilines is 1. The lowest BCUT2D eigenvalue weighted by atomic mass is 9.91. The van der Waals surface area contributed by atoms with Crippen LogP contribution in [0.1, 0.15) is 60.7 Å². The zero-order chi connectivity index (χ0) is 26.7. The molecule has 1 fully saturated rings. The molecule has 3 aromatic rings. The molecule has 0 radical (unpaired) electrons. The quantitative estimate of drug-likeness (QED) is 0.223. The van der Waals surface area contributed by atoms with E-state index in [1.807, 2.05) is 31.2 Å². The van der Waals surface area contributed by atoms with E-state index in [1.54, 1.807) is 5.38 Å². The highest BCUT2D eigenvalue weighted by Gasteiger charge is 2.32. The van der Waals surface area contributed by atoms with Crippen LogP contribution in [-0.2, 0) is 4.79 Å². The smallest absolute Gasteiger partial charge is 0.276 e. The lowest BCUT2D eigenvalue weighted by Gasteiger charge is -2.35. The molecule has 0 saturated carbocycles. The highest BCUT2D eigenvalue weighted by atomic mass is 79.9. The monoisotopic (exact) mass is 593 g/mol. The molecule has 1 aliphatic rings. The Morgan fingerprint density at radius 1 is 1.27 bits per heavy atom. The number of aliphatic imine (C=N–C) groups is 1. The molecule has 3 heterocycles. The van der Waals surface area contributed by atoms with Crippen molar-refractivity contribution in [3.8, 4) is 0 Å². The first-order valence-corrected chi connectivity index (χ1v) is 13.1. The van der Waals surface area contributed by atoms with Gasteiger partial charge in [0.25, 0.3) is 5.91 Å². The Balaban J connectivity index is 1.43. The Kier molecular flexibility index (Phi) is 7.99. The zero-order valence-electron chi connectivity index (χ0n) is 20.3. The molecule has 196 valence electrons. The van der Waals surface area contributed by atoms with Crippen molar-refractivity contribution >= 4 is 56.4 Å². The van der Waals surface area contributed by atoms with Crippen LogP contribution in [0.25, 0.3) is 0 Å². The molecular weight excluding hydrogens is 569 g/mol. The first-order chi connectivity index (χ1) is 17.6. The number of hydrogen-bond donors (Lipinski definition) is 3. The first kappa shape index (κ1) is 26.8. The van der Waals surface area contributed by atoms with Crippen molar-refractivity contribution < 1.29 is 23.8 Å². The summed E-state index contributed by atoms with van der Waals surface area (Å²) in [5.41, 5.74) is 1.90. The SMILES string of the molecule is CC(C)(C)C(=O)N1CCC(c2nc(C(=O)Nc3nonc3C(=Nc3ccc(F)c(Br)c3)NO)cs2)CC1. The van der Waals surface area contributed by atoms with E-state index in [4.69, 9.17) is 4.63 Å². The summed E-state index contributed by atoms with van der Waals surface area (Å²) in [5, 5.41) is 22.0. The minimum Gasteiger partial charge on any atom is -0.342 e. The third-order valence-electron chi connectivity index (χ3n) is 5.72. The summed E-state index contributed by atoms with van der Waals surface area (Å²) in [7, 11) is 0. The van der Waals surface area contributed by atoms with E-state index >= 15 is 0 Å². The standard InChI is InChI=1S/C23H25BrFN7O4S/c1-23(2,3)22(34)32-8-6-12(7-9-32)21-27-16(11-37-21)20(33)28-19-17(30-36-31-19)18(29-35)26-13-4-5-15(25)14(24)10-13/h4-5,10-12,35H,6-9H2,1-3H3,(H,26,29)(H,28,31,33). The maximum Gasteiger partial charge on any atom is 0.276 e. The summed E-state index contributed by atoms with van der Waals surface area (Å²) in [6.45, 7) is 7.04. The van der Waals surface area contributed by atoms with Crippen LogP contribution in [0.15, 0.2) is 37.7 Å². The Hall–Kier alpha value is -3.23. The molecule has 2 amide bonds. The van der Waals surface area contributed by atoms with Crippen LogP contribution in [0, 0.1) is 11.2 Å². The van der Waals surface area contributed by atoms with Crippen LogP contribution in [-0.4, -0.2) is 56.1 Å². The normalized spacial score (nSPS) is 15.1. The van der Waals surface area contributed by atoms with Crippen LogP contribution in [0.5, 0.6) is 0 Å². The second-order valence-corrected chi connectivity index (χ2v) is 11.2. The number of halogens is 2. The number of aromatic nitrogens is 3. The van der Waals surface area contributed by atoms with Gasteiger partial charge >= 0.3 is 0 Å². The average molecular weight is 594 g/mol. The molecule has 0 bridgehead atoms. The van der Waals surface area contributed by atoms with Crippen molar-refractivity contribution in [2.24, 2.45) is 10.4 Å². The highest BCUT2D eigenvalue weighted by Crippen LogP contribution is 2.32. The number of carbonyl (C=O) groups is 2. The van der Waals surface area contributed by atoms with E-state index in [0.717, 1.165) is 17.8 Å². The van der Waals surface area contributed by atoms with Gasteiger partial charge in [0, 0.05) is 29.8 Å². The summed E-state index contributed by atoms with van der Waals surface area (Å²) in [6, 6.07) is 4.00. The van der Waals surface area contributed by atoms with E-state index in [9.17, 15) is 19.2 Å². The molecule has 0 spiro atoms. The summed E-state index contributed by atoms with van der Waals surface area (Å²) >= 11 is 4.46. The second kappa shape index (κ2) is 11.0. The van der Waals surface area contributed by atoms with Gasteiger partial charge in [-0.15, -0.1) is 11.3 Å². The minimum atomic E-state index is -0.540. The number of nitrogens with zero attached hydrogens (tertiary/aromatic N) is 5. The van der Waals surface area contributed by atoms with Gasteiger partial charge in [0.05, 0.1) is 15.2 Å². The van der Waals surface area contributed by atoms with Gasteiger partial charge in [0.2, 0.25) is 11.7 Å². The van der Waals surface area contributed by atoms with Gasteiger partial charge in [0.1, 0.15) is 11.5 Å². The lowest BCUT2D eigenvalue weighted by molar-refractivity contribution is -0.140. The van der Waals surface area contributed by atoms with Gasteiger partial charge in [-0.05, 0) is 57.3 Å². The number of hydroxylamine groups is 1. The molecule has 37 heavy (non-hydrogen) atoms. The average Bonchev–Trinajstić information content (AvgIpc) is 3.54. The van der Waals surface area contributed by atoms with Crippen molar-refractivity contribution in [2.45, 2.75) is 39.5 Å². The summed E-state index contributed by atoms with van der Waals surface area (Å²) in [4.78, 5) is 35.9. The topological polar surface area (TPSA) is 146 Å². The van der Waals surface area contributed by atoms with E-state index in [-0.39, 0.29) is 39.3 Å². The van der Waals surface area contributed by atoms with Crippen LogP contribution < -0.4 is 10.8 Å². The maximum atomic E-state index is 13.5. The third-order valence-corrected chi connectivity index (χ3v) is 7.34. The molecule has 4 rings (SSSR count). The molecule has 0 unspecified atom stereocenters. The second-order valence-electron chi connectivity index (χ2n) is 9.47. The van der Waals surface area contributed by atoms with Crippen molar-refractivity contribution in [3.63, 3.8) is 0 Å². The fourth-order valence-corrected chi connectivity index (χ4v) is 5.13. The zero-order valence-corrected chi connectivity index (χ0v) is 22.7. The first-order valence-electron chi connectivity index (χ1n) is 11.4. The Morgan fingerprint density at radius 2 is 2.00 bits per heavy atom. The molecule has 3 N–H and O–H groups in total. The number of rotatable bonds is 5. The van der Waals surface area contributed by atoms with Crippen LogP contribution >= 0.6 is 27.3 Å². The molecule has 1 saturated heterocycles. The Labute approximate surface area is 224 Å². The molecule has 0 aliphatic carbocycles. The Morgan fingerprint density at radius 3 is 2.65 bits per heavy atom. The number of amides is 2. The summed E-state index contributed by atoms with van der Waals surface area (Å²) in [6.07, 6.45) is 1.55. The number of benzene rings is 1. The van der Waals surface area contributed by atoms with Crippen molar-refractivity contribution in [1.82, 2.24) is 25.7 Å². The fraction of sp³-hybridized carbons (Fsp3) is 0.391. The van der Waals surface area contributed by atoms with E-state index in [2.05, 4.69) is 41.5 Å². The maximum absolute atomic E-state index is 13.5. The molecule has 2 aromatic heterocycles. The molecule has 1 aliphatic heterocycles. The van der Waals surface area contributed by atoms with Crippen LogP contribution in [0.2, 0.25) is 0 Å². The molecule has 0 atom stereocenters. The molecule has 11 nitrogen and oxygen atoms in total.